The molecule has 0 saturated carbocycles. The van der Waals surface area contributed by atoms with Crippen LogP contribution in [0.15, 0.2) is 42.7 Å². The van der Waals surface area contributed by atoms with Crippen molar-refractivity contribution >= 4 is 30.7 Å². The van der Waals surface area contributed by atoms with Crippen LogP contribution in [0.2, 0.25) is 0 Å². The number of amides is 1. The van der Waals surface area contributed by atoms with E-state index in [9.17, 15) is 4.79 Å². The van der Waals surface area contributed by atoms with Crippen molar-refractivity contribution in [3.05, 3.63) is 53.9 Å². The minimum absolute atomic E-state index is 0. The number of aromatic nitrogens is 1. The van der Waals surface area contributed by atoms with Crippen LogP contribution in [0.25, 0.3) is 0 Å². The van der Waals surface area contributed by atoms with Crippen molar-refractivity contribution in [2.45, 2.75) is 39.8 Å². The van der Waals surface area contributed by atoms with Gasteiger partial charge >= 0.3 is 0 Å². The van der Waals surface area contributed by atoms with Crippen molar-refractivity contribution in [2.75, 3.05) is 13.7 Å². The van der Waals surface area contributed by atoms with Crippen LogP contribution in [0.5, 0.6) is 11.5 Å². The number of nitrogens with one attached hydrogen (secondary N) is 1. The predicted octanol–water partition coefficient (Wildman–Crippen LogP) is 3.89. The second-order valence-corrected chi connectivity index (χ2v) is 6.51. The smallest absolute Gasteiger partial charge is 0.227 e. The number of nitrogens with two attached hydrogens (primary N) is 1. The summed E-state index contributed by atoms with van der Waals surface area (Å²) in [6.07, 6.45) is 4.93. The molecular weight excluding hydrogens is 413 g/mol. The van der Waals surface area contributed by atoms with E-state index < -0.39 is 5.41 Å². The summed E-state index contributed by atoms with van der Waals surface area (Å²) in [6.45, 7) is 5.16. The maximum atomic E-state index is 12.6. The number of pyridine rings is 1. The summed E-state index contributed by atoms with van der Waals surface area (Å²) in [5.74, 6) is 1.27. The van der Waals surface area contributed by atoms with Crippen LogP contribution in [0.1, 0.15) is 37.8 Å². The second-order valence-electron chi connectivity index (χ2n) is 6.51. The lowest BCUT2D eigenvalue weighted by Gasteiger charge is -2.28. The number of rotatable bonds is 10. The van der Waals surface area contributed by atoms with E-state index in [2.05, 4.69) is 10.3 Å². The summed E-state index contributed by atoms with van der Waals surface area (Å²) in [5.41, 5.74) is 7.26. The molecule has 1 aromatic heterocycles. The first-order valence-electron chi connectivity index (χ1n) is 9.25. The maximum absolute atomic E-state index is 12.6. The number of carbonyl (C=O) groups is 1. The Morgan fingerprint density at radius 1 is 1.14 bits per heavy atom. The zero-order valence-electron chi connectivity index (χ0n) is 17.1. The molecule has 29 heavy (non-hydrogen) atoms. The quantitative estimate of drug-likeness (QED) is 0.581. The van der Waals surface area contributed by atoms with E-state index in [1.807, 2.05) is 44.2 Å². The number of benzene rings is 1. The molecule has 0 aliphatic carbocycles. The van der Waals surface area contributed by atoms with Gasteiger partial charge in [-0.2, -0.15) is 0 Å². The van der Waals surface area contributed by atoms with Crippen molar-refractivity contribution in [3.8, 4) is 11.5 Å². The van der Waals surface area contributed by atoms with Gasteiger partial charge in [-0.1, -0.05) is 26.0 Å². The highest BCUT2D eigenvalue weighted by Crippen LogP contribution is 2.29. The minimum atomic E-state index is -0.503. The molecule has 0 aliphatic heterocycles. The van der Waals surface area contributed by atoms with Crippen LogP contribution in [0.4, 0.5) is 0 Å². The van der Waals surface area contributed by atoms with Crippen LogP contribution in [0.3, 0.4) is 0 Å². The molecule has 2 rings (SSSR count). The molecule has 1 amide bonds. The monoisotopic (exact) mass is 443 g/mol. The lowest BCUT2D eigenvalue weighted by atomic mass is 9.81. The Bertz CT molecular complexity index is 733. The molecule has 0 bridgehead atoms. The number of hydrogen-bond donors (Lipinski definition) is 2. The van der Waals surface area contributed by atoms with Gasteiger partial charge < -0.3 is 20.5 Å². The van der Waals surface area contributed by atoms with Crippen molar-refractivity contribution in [1.29, 1.82) is 0 Å². The number of hydrogen-bond acceptors (Lipinski definition) is 5. The van der Waals surface area contributed by atoms with Gasteiger partial charge in [0.25, 0.3) is 0 Å². The molecule has 1 heterocycles. The van der Waals surface area contributed by atoms with Crippen LogP contribution < -0.4 is 20.5 Å². The van der Waals surface area contributed by atoms with Gasteiger partial charge in [0.2, 0.25) is 5.91 Å². The third kappa shape index (κ3) is 7.07. The molecule has 0 spiro atoms. The Balaban J connectivity index is 0.00000392. The normalized spacial score (nSPS) is 10.3. The van der Waals surface area contributed by atoms with Crippen LogP contribution in [-0.2, 0) is 17.9 Å². The Morgan fingerprint density at radius 2 is 1.86 bits per heavy atom. The van der Waals surface area contributed by atoms with E-state index in [0.717, 1.165) is 24.0 Å². The molecule has 1 aromatic carbocycles. The summed E-state index contributed by atoms with van der Waals surface area (Å²) in [5, 5.41) is 3.00. The lowest BCUT2D eigenvalue weighted by Crippen LogP contribution is -2.45. The van der Waals surface area contributed by atoms with Gasteiger partial charge in [0.1, 0.15) is 6.61 Å². The number of ether oxygens (including phenoxy) is 2. The van der Waals surface area contributed by atoms with Gasteiger partial charge in [0, 0.05) is 31.0 Å². The molecule has 0 radical (unpaired) electrons. The molecule has 0 saturated heterocycles. The molecule has 0 fully saturated rings. The summed E-state index contributed by atoms with van der Waals surface area (Å²) < 4.78 is 11.3. The third-order valence-corrected chi connectivity index (χ3v) is 5.02. The first-order valence-corrected chi connectivity index (χ1v) is 9.25. The van der Waals surface area contributed by atoms with Crippen LogP contribution in [0, 0.1) is 5.41 Å². The van der Waals surface area contributed by atoms with Crippen molar-refractivity contribution in [2.24, 2.45) is 11.1 Å². The molecular formula is C21H31Cl2N3O3. The van der Waals surface area contributed by atoms with Gasteiger partial charge in [0.05, 0.1) is 12.5 Å². The second kappa shape index (κ2) is 13.2. The zero-order valence-corrected chi connectivity index (χ0v) is 18.8. The van der Waals surface area contributed by atoms with E-state index in [4.69, 9.17) is 15.2 Å². The highest BCUT2D eigenvalue weighted by Gasteiger charge is 2.32. The van der Waals surface area contributed by atoms with Gasteiger partial charge in [-0.05, 0) is 36.6 Å². The number of carbonyl (C=O) groups excluding carboxylic acids is 1. The molecule has 2 aromatic rings. The van der Waals surface area contributed by atoms with E-state index >= 15 is 0 Å². The Hall–Kier alpha value is -2.02. The fourth-order valence-electron chi connectivity index (χ4n) is 2.91. The number of nitrogens with zero attached hydrogens (tertiary/aromatic N) is 1. The van der Waals surface area contributed by atoms with Gasteiger partial charge in [-0.15, -0.1) is 24.8 Å². The lowest BCUT2D eigenvalue weighted by molar-refractivity contribution is -0.131. The van der Waals surface area contributed by atoms with E-state index in [1.54, 1.807) is 19.5 Å². The molecule has 8 heteroatoms. The van der Waals surface area contributed by atoms with E-state index in [0.29, 0.717) is 31.2 Å². The molecule has 0 unspecified atom stereocenters. The summed E-state index contributed by atoms with van der Waals surface area (Å²) in [6, 6.07) is 9.47. The fraction of sp³-hybridized carbons (Fsp3) is 0.429. The van der Waals surface area contributed by atoms with Crippen LogP contribution in [-0.4, -0.2) is 24.5 Å². The molecule has 162 valence electrons. The molecule has 6 nitrogen and oxygen atoms in total. The maximum Gasteiger partial charge on any atom is 0.227 e. The van der Waals surface area contributed by atoms with Crippen molar-refractivity contribution in [3.63, 3.8) is 0 Å². The Morgan fingerprint density at radius 3 is 2.41 bits per heavy atom. The summed E-state index contributed by atoms with van der Waals surface area (Å²) in [4.78, 5) is 16.6. The summed E-state index contributed by atoms with van der Waals surface area (Å²) >= 11 is 0. The number of methoxy groups -OCH3 is 1. The first kappa shape index (κ1) is 27.0. The van der Waals surface area contributed by atoms with Crippen molar-refractivity contribution in [1.82, 2.24) is 10.3 Å². The largest absolute Gasteiger partial charge is 0.493 e. The van der Waals surface area contributed by atoms with Crippen LogP contribution >= 0.6 is 24.8 Å². The molecule has 3 N–H and O–H groups in total. The minimum Gasteiger partial charge on any atom is -0.493 e. The third-order valence-electron chi connectivity index (χ3n) is 5.02. The Labute approximate surface area is 185 Å². The SMILES string of the molecule is CCC(CC)(CN)C(=O)NCc1ccc(OCc2cccnc2)c(OC)c1.Cl.Cl. The average molecular weight is 444 g/mol. The standard InChI is InChI=1S/C21H29N3O3.2ClH/c1-4-21(5-2,15-22)20(25)24-13-16-8-9-18(19(11-16)26-3)27-14-17-7-6-10-23-12-17;;/h6-12H,4-5,13-15,22H2,1-3H3,(H,24,25);2*1H. The topological polar surface area (TPSA) is 86.5 Å². The van der Waals surface area contributed by atoms with Crippen molar-refractivity contribution < 1.29 is 14.3 Å². The highest BCUT2D eigenvalue weighted by molar-refractivity contribution is 5.85. The fourth-order valence-corrected chi connectivity index (χ4v) is 2.91. The Kier molecular flexibility index (Phi) is 12.3. The molecule has 0 aliphatic rings. The van der Waals surface area contributed by atoms with Gasteiger partial charge in [-0.25, -0.2) is 0 Å². The highest BCUT2D eigenvalue weighted by atomic mass is 35.5. The molecule has 0 atom stereocenters. The van der Waals surface area contributed by atoms with Gasteiger partial charge in [0.15, 0.2) is 11.5 Å². The first-order chi connectivity index (χ1) is 13.1. The van der Waals surface area contributed by atoms with E-state index in [-0.39, 0.29) is 30.7 Å². The van der Waals surface area contributed by atoms with E-state index in [1.165, 1.54) is 0 Å². The van der Waals surface area contributed by atoms with Gasteiger partial charge in [-0.3, -0.25) is 9.78 Å². The summed E-state index contributed by atoms with van der Waals surface area (Å²) in [7, 11) is 1.60. The predicted molar refractivity (Wildman–Crippen MR) is 120 cm³/mol. The number of halogens is 2. The zero-order chi connectivity index (χ0) is 19.7. The average Bonchev–Trinajstić information content (AvgIpc) is 2.73.